The summed E-state index contributed by atoms with van der Waals surface area (Å²) >= 11 is 9.18. The van der Waals surface area contributed by atoms with Crippen molar-refractivity contribution in [3.63, 3.8) is 0 Å². The fourth-order valence-corrected chi connectivity index (χ4v) is 2.83. The number of Topliss-reactive ketones (excluding diaryl/α,β-unsaturated/α-hetero) is 1. The van der Waals surface area contributed by atoms with Gasteiger partial charge in [0, 0.05) is 15.1 Å². The Hall–Kier alpha value is -2.11. The molecule has 0 aromatic heterocycles. The standard InChI is InChI=1S/C17H11BrClNO3/c18-11-5-1-10(2-6-11)15(21)13-14(20-17(23)16(13)22)9-3-7-12(19)8-4-9/h1-8,14,21H,(H,20,23)/b15-13-. The van der Waals surface area contributed by atoms with E-state index in [-0.39, 0.29) is 11.3 Å². The van der Waals surface area contributed by atoms with Crippen molar-refractivity contribution in [1.82, 2.24) is 5.32 Å². The molecule has 0 radical (unpaired) electrons. The normalized spacial score (nSPS) is 19.7. The van der Waals surface area contributed by atoms with E-state index in [0.717, 1.165) is 4.47 Å². The number of amides is 1. The van der Waals surface area contributed by atoms with Crippen molar-refractivity contribution in [2.75, 3.05) is 0 Å². The number of nitrogens with one attached hydrogen (secondary N) is 1. The smallest absolute Gasteiger partial charge is 0.293 e. The number of rotatable bonds is 2. The summed E-state index contributed by atoms with van der Waals surface area (Å²) in [4.78, 5) is 24.0. The molecular formula is C17H11BrClNO3. The van der Waals surface area contributed by atoms with Gasteiger partial charge < -0.3 is 10.4 Å². The third kappa shape index (κ3) is 3.02. The van der Waals surface area contributed by atoms with Crippen LogP contribution in [0.25, 0.3) is 5.76 Å². The Morgan fingerprint density at radius 3 is 2.26 bits per heavy atom. The Morgan fingerprint density at radius 2 is 1.65 bits per heavy atom. The minimum atomic E-state index is -0.733. The Kier molecular flexibility index (Phi) is 4.24. The van der Waals surface area contributed by atoms with Gasteiger partial charge in [-0.05, 0) is 29.8 Å². The summed E-state index contributed by atoms with van der Waals surface area (Å²) in [5.74, 6) is -1.67. The molecule has 3 rings (SSSR count). The molecule has 2 aromatic rings. The number of hydrogen-bond acceptors (Lipinski definition) is 3. The van der Waals surface area contributed by atoms with E-state index in [1.54, 1.807) is 48.5 Å². The maximum atomic E-state index is 12.2. The van der Waals surface area contributed by atoms with Crippen LogP contribution in [-0.4, -0.2) is 16.8 Å². The van der Waals surface area contributed by atoms with E-state index in [4.69, 9.17) is 11.6 Å². The van der Waals surface area contributed by atoms with Crippen LogP contribution in [-0.2, 0) is 9.59 Å². The van der Waals surface area contributed by atoms with Gasteiger partial charge in [-0.3, -0.25) is 9.59 Å². The lowest BCUT2D eigenvalue weighted by Crippen LogP contribution is -2.21. The van der Waals surface area contributed by atoms with Crippen molar-refractivity contribution in [3.8, 4) is 0 Å². The SMILES string of the molecule is O=C1NC(c2ccc(Cl)cc2)/C(=C(/O)c2ccc(Br)cc2)C1=O. The first kappa shape index (κ1) is 15.8. The van der Waals surface area contributed by atoms with Gasteiger partial charge >= 0.3 is 0 Å². The van der Waals surface area contributed by atoms with Crippen LogP contribution in [0.5, 0.6) is 0 Å². The quantitative estimate of drug-likeness (QED) is 0.464. The molecule has 23 heavy (non-hydrogen) atoms. The lowest BCUT2D eigenvalue weighted by molar-refractivity contribution is -0.133. The second kappa shape index (κ2) is 6.18. The van der Waals surface area contributed by atoms with Gasteiger partial charge in [-0.25, -0.2) is 0 Å². The molecule has 116 valence electrons. The Labute approximate surface area is 145 Å². The molecule has 0 spiro atoms. The molecule has 1 fully saturated rings. The topological polar surface area (TPSA) is 66.4 Å². The Morgan fingerprint density at radius 1 is 1.04 bits per heavy atom. The van der Waals surface area contributed by atoms with Crippen molar-refractivity contribution in [2.45, 2.75) is 6.04 Å². The molecule has 4 nitrogen and oxygen atoms in total. The lowest BCUT2D eigenvalue weighted by atomic mass is 9.96. The Balaban J connectivity index is 2.10. The largest absolute Gasteiger partial charge is 0.507 e. The average Bonchev–Trinajstić information content (AvgIpc) is 2.84. The first-order valence-electron chi connectivity index (χ1n) is 6.77. The van der Waals surface area contributed by atoms with Crippen molar-refractivity contribution in [1.29, 1.82) is 0 Å². The third-order valence-corrected chi connectivity index (χ3v) is 4.37. The molecule has 1 amide bonds. The van der Waals surface area contributed by atoms with Crippen LogP contribution in [0.15, 0.2) is 58.6 Å². The van der Waals surface area contributed by atoms with E-state index >= 15 is 0 Å². The van der Waals surface area contributed by atoms with Crippen LogP contribution < -0.4 is 5.32 Å². The summed E-state index contributed by atoms with van der Waals surface area (Å²) in [6, 6.07) is 12.9. The molecule has 1 aliphatic rings. The van der Waals surface area contributed by atoms with Gasteiger partial charge in [0.05, 0.1) is 11.6 Å². The zero-order valence-corrected chi connectivity index (χ0v) is 14.1. The molecule has 2 aromatic carbocycles. The summed E-state index contributed by atoms with van der Waals surface area (Å²) in [6.45, 7) is 0. The zero-order valence-electron chi connectivity index (χ0n) is 11.7. The highest BCUT2D eigenvalue weighted by molar-refractivity contribution is 9.10. The summed E-state index contributed by atoms with van der Waals surface area (Å²) in [5.41, 5.74) is 1.18. The highest BCUT2D eigenvalue weighted by Gasteiger charge is 2.39. The van der Waals surface area contributed by atoms with Gasteiger partial charge in [0.25, 0.3) is 11.7 Å². The van der Waals surface area contributed by atoms with Gasteiger partial charge in [0.2, 0.25) is 0 Å². The second-order valence-electron chi connectivity index (χ2n) is 5.06. The van der Waals surface area contributed by atoms with E-state index < -0.39 is 17.7 Å². The number of benzene rings is 2. The molecule has 0 saturated carbocycles. The number of halogens is 2. The number of aliphatic hydroxyl groups is 1. The van der Waals surface area contributed by atoms with Crippen LogP contribution in [0, 0.1) is 0 Å². The maximum absolute atomic E-state index is 12.2. The fourth-order valence-electron chi connectivity index (χ4n) is 2.43. The number of carbonyl (C=O) groups is 2. The molecule has 1 saturated heterocycles. The predicted molar refractivity (Wildman–Crippen MR) is 91.0 cm³/mol. The first-order chi connectivity index (χ1) is 11.0. The van der Waals surface area contributed by atoms with E-state index in [1.807, 2.05) is 0 Å². The molecule has 1 atom stereocenters. The number of carbonyl (C=O) groups excluding carboxylic acids is 2. The molecule has 1 heterocycles. The van der Waals surface area contributed by atoms with Gasteiger partial charge in [-0.1, -0.05) is 51.8 Å². The lowest BCUT2D eigenvalue weighted by Gasteiger charge is -2.13. The Bertz CT molecular complexity index is 813. The number of hydrogen-bond donors (Lipinski definition) is 2. The number of ketones is 1. The summed E-state index contributed by atoms with van der Waals surface area (Å²) in [6.07, 6.45) is 0. The third-order valence-electron chi connectivity index (χ3n) is 3.59. The average molecular weight is 393 g/mol. The molecular weight excluding hydrogens is 382 g/mol. The minimum absolute atomic E-state index is 0.0413. The summed E-state index contributed by atoms with van der Waals surface area (Å²) in [7, 11) is 0. The molecule has 0 bridgehead atoms. The molecule has 2 N–H and O–H groups in total. The monoisotopic (exact) mass is 391 g/mol. The van der Waals surface area contributed by atoms with Gasteiger partial charge in [-0.2, -0.15) is 0 Å². The van der Waals surface area contributed by atoms with Gasteiger partial charge in [0.15, 0.2) is 0 Å². The van der Waals surface area contributed by atoms with Gasteiger partial charge in [-0.15, -0.1) is 0 Å². The van der Waals surface area contributed by atoms with Crippen LogP contribution in [0.2, 0.25) is 5.02 Å². The molecule has 6 heteroatoms. The molecule has 1 unspecified atom stereocenters. The maximum Gasteiger partial charge on any atom is 0.293 e. The van der Waals surface area contributed by atoms with E-state index in [0.29, 0.717) is 16.1 Å². The first-order valence-corrected chi connectivity index (χ1v) is 7.94. The van der Waals surface area contributed by atoms with Crippen molar-refractivity contribution < 1.29 is 14.7 Å². The van der Waals surface area contributed by atoms with Crippen LogP contribution in [0.3, 0.4) is 0 Å². The molecule has 0 aliphatic carbocycles. The van der Waals surface area contributed by atoms with Crippen LogP contribution in [0.4, 0.5) is 0 Å². The van der Waals surface area contributed by atoms with Crippen molar-refractivity contribution >= 4 is 45.0 Å². The highest BCUT2D eigenvalue weighted by atomic mass is 79.9. The van der Waals surface area contributed by atoms with Gasteiger partial charge in [0.1, 0.15) is 5.76 Å². The van der Waals surface area contributed by atoms with Crippen LogP contribution in [0.1, 0.15) is 17.2 Å². The van der Waals surface area contributed by atoms with E-state index in [9.17, 15) is 14.7 Å². The highest BCUT2D eigenvalue weighted by Crippen LogP contribution is 2.33. The van der Waals surface area contributed by atoms with Crippen molar-refractivity contribution in [3.05, 3.63) is 74.7 Å². The van der Waals surface area contributed by atoms with E-state index in [1.165, 1.54) is 0 Å². The summed E-state index contributed by atoms with van der Waals surface area (Å²) < 4.78 is 0.847. The van der Waals surface area contributed by atoms with Crippen molar-refractivity contribution in [2.24, 2.45) is 0 Å². The van der Waals surface area contributed by atoms with E-state index in [2.05, 4.69) is 21.2 Å². The second-order valence-corrected chi connectivity index (χ2v) is 6.41. The number of aliphatic hydroxyl groups excluding tert-OH is 1. The zero-order chi connectivity index (χ0) is 16.6. The molecule has 1 aliphatic heterocycles. The van der Waals surface area contributed by atoms with Crippen LogP contribution >= 0.6 is 27.5 Å². The minimum Gasteiger partial charge on any atom is -0.507 e. The predicted octanol–water partition coefficient (Wildman–Crippen LogP) is 3.81. The summed E-state index contributed by atoms with van der Waals surface area (Å²) in [5, 5.41) is 13.7. The fraction of sp³-hybridized carbons (Fsp3) is 0.0588.